The first-order chi connectivity index (χ1) is 8.16. The largest absolute Gasteiger partial charge is 0.294 e. The average molecular weight is 227 g/mol. The number of hydrogen-bond donors (Lipinski definition) is 0. The maximum Gasteiger partial charge on any atom is 0.111 e. The number of imidazole rings is 1. The lowest BCUT2D eigenvalue weighted by Crippen LogP contribution is -2.03. The van der Waals surface area contributed by atoms with Crippen LogP contribution in [0.4, 0.5) is 5.69 Å². The van der Waals surface area contributed by atoms with Gasteiger partial charge in [0.25, 0.3) is 0 Å². The van der Waals surface area contributed by atoms with Gasteiger partial charge in [-0.15, -0.1) is 0 Å². The highest BCUT2D eigenvalue weighted by atomic mass is 15.1. The van der Waals surface area contributed by atoms with Gasteiger partial charge in [0.05, 0.1) is 5.69 Å². The van der Waals surface area contributed by atoms with Crippen LogP contribution in [0, 0.1) is 0 Å². The monoisotopic (exact) mass is 227 g/mol. The van der Waals surface area contributed by atoms with E-state index in [9.17, 15) is 0 Å². The molecule has 0 saturated heterocycles. The molecule has 0 radical (unpaired) electrons. The van der Waals surface area contributed by atoms with Crippen LogP contribution in [0.15, 0.2) is 48.0 Å². The topological polar surface area (TPSA) is 30.2 Å². The van der Waals surface area contributed by atoms with Crippen LogP contribution in [-0.2, 0) is 0 Å². The van der Waals surface area contributed by atoms with E-state index in [0.717, 1.165) is 11.5 Å². The normalized spacial score (nSPS) is 12.1. The zero-order valence-electron chi connectivity index (χ0n) is 10.5. The van der Waals surface area contributed by atoms with E-state index in [4.69, 9.17) is 0 Å². The van der Waals surface area contributed by atoms with Crippen LogP contribution in [-0.4, -0.2) is 15.4 Å². The Balaban J connectivity index is 2.21. The molecular weight excluding hydrogens is 210 g/mol. The second-order valence-corrected chi connectivity index (χ2v) is 4.38. The lowest BCUT2D eigenvalue weighted by Gasteiger charge is -2.05. The molecule has 2 rings (SSSR count). The smallest absolute Gasteiger partial charge is 0.111 e. The maximum absolute atomic E-state index is 4.54. The molecule has 88 valence electrons. The lowest BCUT2D eigenvalue weighted by atomic mass is 10.0. The molecular formula is C14H17N3. The van der Waals surface area contributed by atoms with Gasteiger partial charge in [-0.25, -0.2) is 9.98 Å². The van der Waals surface area contributed by atoms with Crippen LogP contribution in [0.2, 0.25) is 0 Å². The molecule has 0 N–H and O–H groups in total. The minimum Gasteiger partial charge on any atom is -0.294 e. The molecule has 0 saturated carbocycles. The number of aliphatic imine (C=N–C) groups is 1. The van der Waals surface area contributed by atoms with Crippen LogP contribution >= 0.6 is 0 Å². The SMILES string of the molecule is C/C(=N\c1ccc(C(C)C)cc1)n1ccnc1. The summed E-state index contributed by atoms with van der Waals surface area (Å²) in [6, 6.07) is 8.36. The number of hydrogen-bond acceptors (Lipinski definition) is 2. The predicted molar refractivity (Wildman–Crippen MR) is 70.9 cm³/mol. The minimum atomic E-state index is 0.558. The third-order valence-corrected chi connectivity index (χ3v) is 2.73. The van der Waals surface area contributed by atoms with Gasteiger partial charge in [0.1, 0.15) is 12.2 Å². The Morgan fingerprint density at radius 1 is 1.24 bits per heavy atom. The molecule has 0 fully saturated rings. The van der Waals surface area contributed by atoms with Gasteiger partial charge < -0.3 is 0 Å². The Hall–Kier alpha value is -1.90. The Kier molecular flexibility index (Phi) is 3.38. The van der Waals surface area contributed by atoms with Gasteiger partial charge in [0.15, 0.2) is 0 Å². The van der Waals surface area contributed by atoms with Gasteiger partial charge in [-0.1, -0.05) is 26.0 Å². The third-order valence-electron chi connectivity index (χ3n) is 2.73. The van der Waals surface area contributed by atoms with Crippen molar-refractivity contribution in [3.05, 3.63) is 48.5 Å². The molecule has 1 heterocycles. The van der Waals surface area contributed by atoms with Crippen molar-refractivity contribution in [2.75, 3.05) is 0 Å². The summed E-state index contributed by atoms with van der Waals surface area (Å²) in [7, 11) is 0. The number of nitrogens with zero attached hydrogens (tertiary/aromatic N) is 3. The standard InChI is InChI=1S/C14H17N3/c1-11(2)13-4-6-14(7-5-13)16-12(3)17-9-8-15-10-17/h4-11H,1-3H3/b16-12+. The summed E-state index contributed by atoms with van der Waals surface area (Å²) in [5, 5.41) is 0. The van der Waals surface area contributed by atoms with Crippen molar-refractivity contribution >= 4 is 11.5 Å². The number of rotatable bonds is 2. The Morgan fingerprint density at radius 2 is 1.94 bits per heavy atom. The highest BCUT2D eigenvalue weighted by Crippen LogP contribution is 2.19. The average Bonchev–Trinajstić information content (AvgIpc) is 2.83. The number of aromatic nitrogens is 2. The van der Waals surface area contributed by atoms with Crippen molar-refractivity contribution in [3.8, 4) is 0 Å². The van der Waals surface area contributed by atoms with Crippen molar-refractivity contribution in [3.63, 3.8) is 0 Å². The van der Waals surface area contributed by atoms with E-state index in [-0.39, 0.29) is 0 Å². The van der Waals surface area contributed by atoms with Crippen molar-refractivity contribution < 1.29 is 0 Å². The van der Waals surface area contributed by atoms with E-state index in [2.05, 4.69) is 48.1 Å². The van der Waals surface area contributed by atoms with Gasteiger partial charge in [0, 0.05) is 12.4 Å². The molecule has 0 aliphatic carbocycles. The van der Waals surface area contributed by atoms with E-state index in [1.165, 1.54) is 5.56 Å². The predicted octanol–water partition coefficient (Wildman–Crippen LogP) is 3.60. The molecule has 1 aromatic heterocycles. The van der Waals surface area contributed by atoms with Crippen molar-refractivity contribution in [2.24, 2.45) is 4.99 Å². The summed E-state index contributed by atoms with van der Waals surface area (Å²) in [5.41, 5.74) is 2.31. The second kappa shape index (κ2) is 4.95. The first-order valence-corrected chi connectivity index (χ1v) is 5.80. The second-order valence-electron chi connectivity index (χ2n) is 4.38. The van der Waals surface area contributed by atoms with Crippen LogP contribution in [0.25, 0.3) is 0 Å². The molecule has 2 aromatic rings. The lowest BCUT2D eigenvalue weighted by molar-refractivity contribution is 0.867. The molecule has 0 unspecified atom stereocenters. The Morgan fingerprint density at radius 3 is 2.47 bits per heavy atom. The fourth-order valence-electron chi connectivity index (χ4n) is 1.63. The molecule has 0 amide bonds. The van der Waals surface area contributed by atoms with Crippen LogP contribution in [0.1, 0.15) is 32.3 Å². The van der Waals surface area contributed by atoms with Gasteiger partial charge in [-0.3, -0.25) is 4.57 Å². The first-order valence-electron chi connectivity index (χ1n) is 5.80. The van der Waals surface area contributed by atoms with Crippen LogP contribution in [0.3, 0.4) is 0 Å². The van der Waals surface area contributed by atoms with Gasteiger partial charge in [-0.05, 0) is 30.5 Å². The van der Waals surface area contributed by atoms with E-state index in [1.54, 1.807) is 12.5 Å². The summed E-state index contributed by atoms with van der Waals surface area (Å²) >= 11 is 0. The summed E-state index contributed by atoms with van der Waals surface area (Å²) in [5.74, 6) is 1.47. The quantitative estimate of drug-likeness (QED) is 0.569. The summed E-state index contributed by atoms with van der Waals surface area (Å²) in [6.07, 6.45) is 5.39. The molecule has 17 heavy (non-hydrogen) atoms. The Bertz CT molecular complexity index is 493. The van der Waals surface area contributed by atoms with Crippen molar-refractivity contribution in [1.82, 2.24) is 9.55 Å². The molecule has 0 aliphatic rings. The third kappa shape index (κ3) is 2.81. The van der Waals surface area contributed by atoms with E-state index < -0.39 is 0 Å². The van der Waals surface area contributed by atoms with Crippen LogP contribution < -0.4 is 0 Å². The molecule has 3 heteroatoms. The molecule has 3 nitrogen and oxygen atoms in total. The van der Waals surface area contributed by atoms with E-state index in [1.807, 2.05) is 17.7 Å². The van der Waals surface area contributed by atoms with Crippen molar-refractivity contribution in [2.45, 2.75) is 26.7 Å². The van der Waals surface area contributed by atoms with Crippen molar-refractivity contribution in [1.29, 1.82) is 0 Å². The van der Waals surface area contributed by atoms with Gasteiger partial charge in [-0.2, -0.15) is 0 Å². The minimum absolute atomic E-state index is 0.558. The fraction of sp³-hybridized carbons (Fsp3) is 0.286. The number of benzene rings is 1. The summed E-state index contributed by atoms with van der Waals surface area (Å²) in [6.45, 7) is 6.35. The Labute approximate surface area is 102 Å². The summed E-state index contributed by atoms with van der Waals surface area (Å²) in [4.78, 5) is 8.55. The molecule has 0 spiro atoms. The zero-order chi connectivity index (χ0) is 12.3. The molecule has 0 atom stereocenters. The van der Waals surface area contributed by atoms with Gasteiger partial charge in [0.2, 0.25) is 0 Å². The fourth-order valence-corrected chi connectivity index (χ4v) is 1.63. The van der Waals surface area contributed by atoms with E-state index >= 15 is 0 Å². The molecule has 1 aromatic carbocycles. The maximum atomic E-state index is 4.54. The molecule has 0 aliphatic heterocycles. The summed E-state index contributed by atoms with van der Waals surface area (Å²) < 4.78 is 1.90. The molecule has 0 bridgehead atoms. The van der Waals surface area contributed by atoms with Crippen LogP contribution in [0.5, 0.6) is 0 Å². The highest BCUT2D eigenvalue weighted by Gasteiger charge is 1.99. The first kappa shape index (κ1) is 11.6. The van der Waals surface area contributed by atoms with Gasteiger partial charge >= 0.3 is 0 Å². The zero-order valence-corrected chi connectivity index (χ0v) is 10.5. The van der Waals surface area contributed by atoms with E-state index in [0.29, 0.717) is 5.92 Å². The highest BCUT2D eigenvalue weighted by molar-refractivity contribution is 5.84.